The van der Waals surface area contributed by atoms with Gasteiger partial charge in [0, 0.05) is 52.7 Å². The van der Waals surface area contributed by atoms with E-state index >= 15 is 0 Å². The van der Waals surface area contributed by atoms with Gasteiger partial charge in [-0.3, -0.25) is 14.7 Å². The third-order valence-corrected chi connectivity index (χ3v) is 4.45. The molecule has 0 spiro atoms. The summed E-state index contributed by atoms with van der Waals surface area (Å²) in [6.07, 6.45) is 0.442. The molecule has 1 fully saturated rings. The van der Waals surface area contributed by atoms with E-state index in [0.29, 0.717) is 19.5 Å². The second kappa shape index (κ2) is 12.3. The molecule has 0 aliphatic carbocycles. The van der Waals surface area contributed by atoms with Gasteiger partial charge in [-0.15, -0.1) is 0 Å². The van der Waals surface area contributed by atoms with E-state index in [1.165, 1.54) is 0 Å². The fourth-order valence-electron chi connectivity index (χ4n) is 2.89. The summed E-state index contributed by atoms with van der Waals surface area (Å²) in [5.74, 6) is 0.889. The van der Waals surface area contributed by atoms with Crippen molar-refractivity contribution in [1.29, 1.82) is 0 Å². The molecule has 1 saturated heterocycles. The maximum absolute atomic E-state index is 12.3. The van der Waals surface area contributed by atoms with Crippen LogP contribution in [0.15, 0.2) is 35.3 Å². The Kier molecular flexibility index (Phi) is 9.65. The molecular weight excluding hydrogens is 342 g/mol. The number of carbonyl (C=O) groups is 1. The van der Waals surface area contributed by atoms with Crippen LogP contribution in [0.4, 0.5) is 0 Å². The molecule has 7 heteroatoms. The summed E-state index contributed by atoms with van der Waals surface area (Å²) in [6, 6.07) is 10.0. The molecular formula is C20H33N5O2. The molecule has 0 bridgehead atoms. The number of nitrogens with one attached hydrogen (secondary N) is 2. The van der Waals surface area contributed by atoms with Crippen LogP contribution in [0.1, 0.15) is 18.9 Å². The van der Waals surface area contributed by atoms with Gasteiger partial charge in [-0.05, 0) is 12.5 Å². The van der Waals surface area contributed by atoms with Crippen LogP contribution in [0, 0.1) is 0 Å². The molecule has 0 radical (unpaired) electrons. The van der Waals surface area contributed by atoms with Crippen molar-refractivity contribution in [2.24, 2.45) is 4.99 Å². The molecule has 2 rings (SSSR count). The third kappa shape index (κ3) is 8.41. The van der Waals surface area contributed by atoms with Crippen LogP contribution in [-0.2, 0) is 16.1 Å². The number of hydrogen-bond acceptors (Lipinski definition) is 4. The van der Waals surface area contributed by atoms with Gasteiger partial charge in [0.05, 0.1) is 19.8 Å². The quantitative estimate of drug-likeness (QED) is 0.496. The highest BCUT2D eigenvalue weighted by Gasteiger charge is 2.11. The zero-order valence-electron chi connectivity index (χ0n) is 16.6. The van der Waals surface area contributed by atoms with Crippen molar-refractivity contribution in [2.45, 2.75) is 19.9 Å². The highest BCUT2D eigenvalue weighted by atomic mass is 16.5. The smallest absolute Gasteiger partial charge is 0.224 e. The van der Waals surface area contributed by atoms with Crippen LogP contribution in [-0.4, -0.2) is 81.2 Å². The van der Waals surface area contributed by atoms with Crippen molar-refractivity contribution in [3.63, 3.8) is 0 Å². The summed E-state index contributed by atoms with van der Waals surface area (Å²) in [7, 11) is 1.84. The van der Waals surface area contributed by atoms with Gasteiger partial charge < -0.3 is 20.3 Å². The Bertz CT molecular complexity index is 573. The molecule has 27 heavy (non-hydrogen) atoms. The summed E-state index contributed by atoms with van der Waals surface area (Å²) >= 11 is 0. The molecule has 2 N–H and O–H groups in total. The summed E-state index contributed by atoms with van der Waals surface area (Å²) < 4.78 is 5.36. The first-order chi connectivity index (χ1) is 13.2. The number of aliphatic imine (C=N–C) groups is 1. The lowest BCUT2D eigenvalue weighted by Crippen LogP contribution is -2.41. The average Bonchev–Trinajstić information content (AvgIpc) is 2.69. The number of ether oxygens (including phenoxy) is 1. The molecule has 1 aliphatic heterocycles. The monoisotopic (exact) mass is 375 g/mol. The maximum Gasteiger partial charge on any atom is 0.224 e. The molecule has 0 atom stereocenters. The fourth-order valence-corrected chi connectivity index (χ4v) is 2.89. The number of hydrogen-bond donors (Lipinski definition) is 2. The first-order valence-electron chi connectivity index (χ1n) is 9.79. The first kappa shape index (κ1) is 21.2. The molecule has 1 amide bonds. The summed E-state index contributed by atoms with van der Waals surface area (Å²) in [5.41, 5.74) is 1.14. The van der Waals surface area contributed by atoms with E-state index in [1.807, 2.05) is 44.3 Å². The van der Waals surface area contributed by atoms with Gasteiger partial charge >= 0.3 is 0 Å². The van der Waals surface area contributed by atoms with E-state index < -0.39 is 0 Å². The van der Waals surface area contributed by atoms with Gasteiger partial charge in [-0.2, -0.15) is 0 Å². The van der Waals surface area contributed by atoms with E-state index in [1.54, 1.807) is 4.90 Å². The lowest BCUT2D eigenvalue weighted by Gasteiger charge is -2.25. The van der Waals surface area contributed by atoms with Crippen molar-refractivity contribution in [3.8, 4) is 0 Å². The highest BCUT2D eigenvalue weighted by Crippen LogP contribution is 2.03. The molecule has 1 aromatic carbocycles. The summed E-state index contributed by atoms with van der Waals surface area (Å²) in [4.78, 5) is 21.0. The van der Waals surface area contributed by atoms with Crippen LogP contribution in [0.5, 0.6) is 0 Å². The Hall–Kier alpha value is -2.12. The Morgan fingerprint density at radius 3 is 2.67 bits per heavy atom. The topological polar surface area (TPSA) is 69.2 Å². The standard InChI is InChI=1S/C20H33N5O2/c1-3-21-20(23-11-12-25-13-15-27-16-14-25)22-10-9-19(26)24(2)17-18-7-5-4-6-8-18/h4-8H,3,9-17H2,1-2H3,(H2,21,22,23). The predicted molar refractivity (Wildman–Crippen MR) is 109 cm³/mol. The van der Waals surface area contributed by atoms with Gasteiger partial charge in [0.2, 0.25) is 5.91 Å². The van der Waals surface area contributed by atoms with Crippen LogP contribution >= 0.6 is 0 Å². The minimum absolute atomic E-state index is 0.121. The maximum atomic E-state index is 12.3. The second-order valence-corrected chi connectivity index (χ2v) is 6.63. The number of carbonyl (C=O) groups excluding carboxylic acids is 1. The van der Waals surface area contributed by atoms with Crippen LogP contribution in [0.2, 0.25) is 0 Å². The predicted octanol–water partition coefficient (Wildman–Crippen LogP) is 0.922. The molecule has 0 aromatic heterocycles. The lowest BCUT2D eigenvalue weighted by molar-refractivity contribution is -0.130. The van der Waals surface area contributed by atoms with E-state index in [-0.39, 0.29) is 5.91 Å². The minimum atomic E-state index is 0.121. The Balaban J connectivity index is 1.69. The molecule has 0 unspecified atom stereocenters. The van der Waals surface area contributed by atoms with E-state index in [4.69, 9.17) is 4.74 Å². The number of guanidine groups is 1. The fraction of sp³-hybridized carbons (Fsp3) is 0.600. The molecule has 7 nitrogen and oxygen atoms in total. The Morgan fingerprint density at radius 1 is 1.22 bits per heavy atom. The van der Waals surface area contributed by atoms with E-state index in [9.17, 15) is 4.79 Å². The molecule has 1 aliphatic rings. The number of benzene rings is 1. The van der Waals surface area contributed by atoms with Crippen LogP contribution in [0.3, 0.4) is 0 Å². The van der Waals surface area contributed by atoms with Gasteiger partial charge in [-0.25, -0.2) is 0 Å². The van der Waals surface area contributed by atoms with Crippen molar-refractivity contribution in [3.05, 3.63) is 35.9 Å². The Morgan fingerprint density at radius 2 is 1.96 bits per heavy atom. The number of rotatable bonds is 9. The zero-order chi connectivity index (χ0) is 19.3. The molecule has 150 valence electrons. The number of nitrogens with zero attached hydrogens (tertiary/aromatic N) is 3. The van der Waals surface area contributed by atoms with Crippen molar-refractivity contribution < 1.29 is 9.53 Å². The van der Waals surface area contributed by atoms with E-state index in [0.717, 1.165) is 57.5 Å². The van der Waals surface area contributed by atoms with Crippen molar-refractivity contribution in [2.75, 3.05) is 59.5 Å². The average molecular weight is 376 g/mol. The number of morpholine rings is 1. The first-order valence-corrected chi connectivity index (χ1v) is 9.79. The van der Waals surface area contributed by atoms with Gasteiger partial charge in [0.25, 0.3) is 0 Å². The SMILES string of the molecule is CCNC(=NCCN1CCOCC1)NCCC(=O)N(C)Cc1ccccc1. The van der Waals surface area contributed by atoms with Crippen LogP contribution < -0.4 is 10.6 Å². The summed E-state index contributed by atoms with van der Waals surface area (Å²) in [5, 5.41) is 6.49. The summed E-state index contributed by atoms with van der Waals surface area (Å²) in [6.45, 7) is 9.26. The van der Waals surface area contributed by atoms with Crippen molar-refractivity contribution >= 4 is 11.9 Å². The number of amides is 1. The molecule has 1 aromatic rings. The Labute approximate surface area is 162 Å². The van der Waals surface area contributed by atoms with Crippen molar-refractivity contribution in [1.82, 2.24) is 20.4 Å². The van der Waals surface area contributed by atoms with Crippen LogP contribution in [0.25, 0.3) is 0 Å². The minimum Gasteiger partial charge on any atom is -0.379 e. The largest absolute Gasteiger partial charge is 0.379 e. The van der Waals surface area contributed by atoms with Gasteiger partial charge in [0.1, 0.15) is 0 Å². The molecule has 1 heterocycles. The lowest BCUT2D eigenvalue weighted by atomic mass is 10.2. The third-order valence-electron chi connectivity index (χ3n) is 4.45. The van der Waals surface area contributed by atoms with Gasteiger partial charge in [0.15, 0.2) is 5.96 Å². The van der Waals surface area contributed by atoms with E-state index in [2.05, 4.69) is 20.5 Å². The van der Waals surface area contributed by atoms with Gasteiger partial charge in [-0.1, -0.05) is 30.3 Å². The second-order valence-electron chi connectivity index (χ2n) is 6.63. The highest BCUT2D eigenvalue weighted by molar-refractivity contribution is 5.81. The zero-order valence-corrected chi connectivity index (χ0v) is 16.6. The molecule has 0 saturated carbocycles. The normalized spacial score (nSPS) is 15.4.